The highest BCUT2D eigenvalue weighted by molar-refractivity contribution is 6.00. The molecule has 0 saturated heterocycles. The van der Waals surface area contributed by atoms with Crippen LogP contribution in [-0.2, 0) is 15.8 Å². The highest BCUT2D eigenvalue weighted by Crippen LogP contribution is 2.33. The van der Waals surface area contributed by atoms with E-state index in [-0.39, 0.29) is 6.42 Å². The molecule has 1 aliphatic rings. The number of nitrogens with zero attached hydrogens (tertiary/aromatic N) is 3. The number of aromatic nitrogens is 3. The monoisotopic (exact) mass is 385 g/mol. The zero-order chi connectivity index (χ0) is 19.8. The molecule has 0 fully saturated rings. The molecular formula is C15H14F3N5O4. The van der Waals surface area contributed by atoms with Crippen LogP contribution in [-0.4, -0.2) is 40.8 Å². The first-order valence-electron chi connectivity index (χ1n) is 7.59. The molecule has 144 valence electrons. The summed E-state index contributed by atoms with van der Waals surface area (Å²) in [6, 6.07) is 3.25. The molecule has 0 bridgehead atoms. The van der Waals surface area contributed by atoms with Crippen LogP contribution in [0.25, 0.3) is 0 Å². The summed E-state index contributed by atoms with van der Waals surface area (Å²) in [5.74, 6) is -2.47. The minimum atomic E-state index is -4.81. The van der Waals surface area contributed by atoms with Crippen LogP contribution in [0.3, 0.4) is 0 Å². The average Bonchev–Trinajstić information content (AvgIpc) is 3.05. The van der Waals surface area contributed by atoms with Crippen molar-refractivity contribution in [3.8, 4) is 11.5 Å². The highest BCUT2D eigenvalue weighted by Gasteiger charge is 2.41. The van der Waals surface area contributed by atoms with Gasteiger partial charge in [-0.25, -0.2) is 4.68 Å². The van der Waals surface area contributed by atoms with Crippen molar-refractivity contribution in [2.24, 2.45) is 0 Å². The van der Waals surface area contributed by atoms with Crippen molar-refractivity contribution in [1.82, 2.24) is 14.8 Å². The smallest absolute Gasteiger partial charge is 0.453 e. The van der Waals surface area contributed by atoms with Crippen molar-refractivity contribution in [3.05, 3.63) is 24.0 Å². The molecule has 9 nitrogen and oxygen atoms in total. The number of anilines is 2. The van der Waals surface area contributed by atoms with Crippen molar-refractivity contribution in [3.63, 3.8) is 0 Å². The lowest BCUT2D eigenvalue weighted by atomic mass is 10.1. The summed E-state index contributed by atoms with van der Waals surface area (Å²) in [5.41, 5.74) is 0.307. The second-order valence-corrected chi connectivity index (χ2v) is 5.53. The number of alkyl halides is 3. The lowest BCUT2D eigenvalue weighted by Gasteiger charge is -2.22. The Bertz CT molecular complexity index is 896. The number of fused-ring (bicyclic) bond motifs is 1. The van der Waals surface area contributed by atoms with E-state index in [9.17, 15) is 22.8 Å². The highest BCUT2D eigenvalue weighted by atomic mass is 19.4. The van der Waals surface area contributed by atoms with Gasteiger partial charge in [0.15, 0.2) is 11.5 Å². The molecular weight excluding hydrogens is 371 g/mol. The van der Waals surface area contributed by atoms with Crippen LogP contribution in [0.1, 0.15) is 18.3 Å². The number of rotatable bonds is 4. The maximum Gasteiger partial charge on any atom is 0.453 e. The summed E-state index contributed by atoms with van der Waals surface area (Å²) in [6.45, 7) is 0. The van der Waals surface area contributed by atoms with E-state index in [4.69, 9.17) is 9.47 Å². The summed E-state index contributed by atoms with van der Waals surface area (Å²) < 4.78 is 49.4. The molecule has 2 N–H and O–H groups in total. The fraction of sp³-hybridized carbons (Fsp3) is 0.333. The molecule has 1 aromatic carbocycles. The Hall–Kier alpha value is -3.31. The summed E-state index contributed by atoms with van der Waals surface area (Å²) in [4.78, 5) is 27.5. The van der Waals surface area contributed by atoms with Gasteiger partial charge in [0.2, 0.25) is 17.8 Å². The number of halogens is 3. The van der Waals surface area contributed by atoms with Gasteiger partial charge in [0.25, 0.3) is 5.82 Å². The standard InChI is InChI=1S/C15H14F3N5O4/c1-26-9-4-3-7(5-10(9)27-2)19-12(25)8-6-11(24)20-14-21-13(15(16,17)18)22-23(8)14/h3-5,8H,6H2,1-2H3,(H,19,25)(H,20,21,22,24)/t8-/m1/s1. The van der Waals surface area contributed by atoms with Crippen molar-refractivity contribution in [1.29, 1.82) is 0 Å². The number of nitrogens with one attached hydrogen (secondary N) is 2. The van der Waals surface area contributed by atoms with E-state index in [0.29, 0.717) is 17.2 Å². The number of carbonyl (C=O) groups excluding carboxylic acids is 2. The molecule has 0 aliphatic carbocycles. The van der Waals surface area contributed by atoms with E-state index in [1.54, 1.807) is 6.07 Å². The zero-order valence-electron chi connectivity index (χ0n) is 14.1. The quantitative estimate of drug-likeness (QED) is 0.832. The summed E-state index contributed by atoms with van der Waals surface area (Å²) in [5, 5.41) is 8.01. The molecule has 2 amide bonds. The van der Waals surface area contributed by atoms with Gasteiger partial charge in [-0.05, 0) is 12.1 Å². The lowest BCUT2D eigenvalue weighted by Crippen LogP contribution is -2.36. The molecule has 1 atom stereocenters. The topological polar surface area (TPSA) is 107 Å². The molecule has 1 aromatic heterocycles. The second-order valence-electron chi connectivity index (χ2n) is 5.53. The Morgan fingerprint density at radius 2 is 2.00 bits per heavy atom. The molecule has 2 aromatic rings. The maximum absolute atomic E-state index is 12.8. The first-order valence-corrected chi connectivity index (χ1v) is 7.59. The first kappa shape index (κ1) is 18.5. The number of benzene rings is 1. The van der Waals surface area contributed by atoms with Gasteiger partial charge < -0.3 is 14.8 Å². The van der Waals surface area contributed by atoms with E-state index in [2.05, 4.69) is 20.7 Å². The Morgan fingerprint density at radius 3 is 2.63 bits per heavy atom. The van der Waals surface area contributed by atoms with Gasteiger partial charge in [-0.2, -0.15) is 18.2 Å². The van der Waals surface area contributed by atoms with Crippen molar-refractivity contribution >= 4 is 23.5 Å². The summed E-state index contributed by atoms with van der Waals surface area (Å²) >= 11 is 0. The minimum Gasteiger partial charge on any atom is -0.493 e. The van der Waals surface area contributed by atoms with Crippen LogP contribution in [0.5, 0.6) is 11.5 Å². The lowest BCUT2D eigenvalue weighted by molar-refractivity contribution is -0.145. The molecule has 3 rings (SSSR count). The van der Waals surface area contributed by atoms with Gasteiger partial charge in [0, 0.05) is 11.8 Å². The molecule has 0 spiro atoms. The molecule has 12 heteroatoms. The first-order chi connectivity index (χ1) is 12.7. The van der Waals surface area contributed by atoms with Crippen LogP contribution in [0.4, 0.5) is 24.8 Å². The van der Waals surface area contributed by atoms with Gasteiger partial charge in [-0.3, -0.25) is 14.9 Å². The van der Waals surface area contributed by atoms with Gasteiger partial charge in [0.1, 0.15) is 6.04 Å². The molecule has 1 aliphatic heterocycles. The fourth-order valence-corrected chi connectivity index (χ4v) is 2.53. The third kappa shape index (κ3) is 3.64. The van der Waals surface area contributed by atoms with E-state index >= 15 is 0 Å². The number of methoxy groups -OCH3 is 2. The Labute approximate surface area is 150 Å². The largest absolute Gasteiger partial charge is 0.493 e. The predicted octanol–water partition coefficient (Wildman–Crippen LogP) is 1.84. The SMILES string of the molecule is COc1ccc(NC(=O)[C@H]2CC(=O)Nc3nc(C(F)(F)F)nn32)cc1OC. The van der Waals surface area contributed by atoms with Crippen LogP contribution >= 0.6 is 0 Å². The summed E-state index contributed by atoms with van der Waals surface area (Å²) in [7, 11) is 2.86. The van der Waals surface area contributed by atoms with Gasteiger partial charge in [-0.1, -0.05) is 0 Å². The second kappa shape index (κ2) is 6.78. The minimum absolute atomic E-state index is 0.307. The van der Waals surface area contributed by atoms with E-state index in [1.807, 2.05) is 0 Å². The third-order valence-electron chi connectivity index (χ3n) is 3.76. The van der Waals surface area contributed by atoms with Crippen molar-refractivity contribution in [2.75, 3.05) is 24.9 Å². The van der Waals surface area contributed by atoms with Gasteiger partial charge in [-0.15, -0.1) is 5.10 Å². The van der Waals surface area contributed by atoms with Crippen LogP contribution < -0.4 is 20.1 Å². The predicted molar refractivity (Wildman–Crippen MR) is 85.5 cm³/mol. The Kier molecular flexibility index (Phi) is 4.64. The van der Waals surface area contributed by atoms with Crippen molar-refractivity contribution in [2.45, 2.75) is 18.6 Å². The van der Waals surface area contributed by atoms with Gasteiger partial charge >= 0.3 is 6.18 Å². The zero-order valence-corrected chi connectivity index (χ0v) is 14.1. The number of hydrogen-bond acceptors (Lipinski definition) is 6. The fourth-order valence-electron chi connectivity index (χ4n) is 2.53. The van der Waals surface area contributed by atoms with E-state index < -0.39 is 35.8 Å². The van der Waals surface area contributed by atoms with Crippen molar-refractivity contribution < 1.29 is 32.2 Å². The van der Waals surface area contributed by atoms with E-state index in [1.165, 1.54) is 26.4 Å². The number of carbonyl (C=O) groups is 2. The number of ether oxygens (including phenoxy) is 2. The molecule has 0 radical (unpaired) electrons. The van der Waals surface area contributed by atoms with Crippen LogP contribution in [0, 0.1) is 0 Å². The average molecular weight is 385 g/mol. The number of hydrogen-bond donors (Lipinski definition) is 2. The van der Waals surface area contributed by atoms with Gasteiger partial charge in [0.05, 0.1) is 20.6 Å². The molecule has 0 saturated carbocycles. The van der Waals surface area contributed by atoms with Crippen LogP contribution in [0.2, 0.25) is 0 Å². The van der Waals surface area contributed by atoms with E-state index in [0.717, 1.165) is 4.68 Å². The summed E-state index contributed by atoms with van der Waals surface area (Å²) in [6.07, 6.45) is -5.19. The molecule has 0 unspecified atom stereocenters. The molecule has 2 heterocycles. The maximum atomic E-state index is 12.8. The number of amides is 2. The normalized spacial score (nSPS) is 16.3. The Morgan fingerprint density at radius 1 is 1.30 bits per heavy atom. The molecule has 27 heavy (non-hydrogen) atoms. The third-order valence-corrected chi connectivity index (χ3v) is 3.76. The Balaban J connectivity index is 1.87. The van der Waals surface area contributed by atoms with Crippen LogP contribution in [0.15, 0.2) is 18.2 Å².